The Bertz CT molecular complexity index is 629. The smallest absolute Gasteiger partial charge is 0.274 e. The van der Waals surface area contributed by atoms with E-state index in [9.17, 15) is 4.79 Å². The molecule has 6 heteroatoms. The van der Waals surface area contributed by atoms with E-state index < -0.39 is 0 Å². The van der Waals surface area contributed by atoms with Gasteiger partial charge in [-0.1, -0.05) is 0 Å². The molecule has 0 amide bonds. The zero-order valence-electron chi connectivity index (χ0n) is 10.4. The van der Waals surface area contributed by atoms with Gasteiger partial charge < -0.3 is 10.3 Å². The van der Waals surface area contributed by atoms with E-state index in [1.54, 1.807) is 22.9 Å². The van der Waals surface area contributed by atoms with Crippen LogP contribution in [0.5, 0.6) is 0 Å². The highest BCUT2D eigenvalue weighted by Crippen LogP contribution is 2.21. The number of nitrogens with two attached hydrogens (primary N) is 1. The van der Waals surface area contributed by atoms with Crippen molar-refractivity contribution >= 4 is 21.6 Å². The van der Waals surface area contributed by atoms with Gasteiger partial charge in [0.2, 0.25) is 0 Å². The molecule has 0 bridgehead atoms. The maximum Gasteiger partial charge on any atom is 0.274 e. The first kappa shape index (κ1) is 12.9. The van der Waals surface area contributed by atoms with Gasteiger partial charge in [-0.15, -0.1) is 0 Å². The van der Waals surface area contributed by atoms with Gasteiger partial charge in [0.25, 0.3) is 5.56 Å². The Hall–Kier alpha value is -1.56. The molecule has 0 radical (unpaired) electrons. The van der Waals surface area contributed by atoms with Crippen LogP contribution in [0.3, 0.4) is 0 Å². The van der Waals surface area contributed by atoms with E-state index in [1.165, 1.54) is 0 Å². The summed E-state index contributed by atoms with van der Waals surface area (Å²) in [4.78, 5) is 11.9. The van der Waals surface area contributed by atoms with Crippen LogP contribution in [-0.2, 0) is 13.1 Å². The molecule has 0 unspecified atom stereocenters. The summed E-state index contributed by atoms with van der Waals surface area (Å²) < 4.78 is 4.41. The molecule has 5 nitrogen and oxygen atoms in total. The van der Waals surface area contributed by atoms with Gasteiger partial charge in [0.15, 0.2) is 0 Å². The first-order valence-corrected chi connectivity index (χ1v) is 6.50. The molecule has 96 valence electrons. The van der Waals surface area contributed by atoms with Crippen LogP contribution in [0, 0.1) is 6.92 Å². The van der Waals surface area contributed by atoms with Crippen molar-refractivity contribution in [3.8, 4) is 0 Å². The van der Waals surface area contributed by atoms with Crippen molar-refractivity contribution in [2.24, 2.45) is 0 Å². The third-order valence-electron chi connectivity index (χ3n) is 2.82. The summed E-state index contributed by atoms with van der Waals surface area (Å²) >= 11 is 3.51. The van der Waals surface area contributed by atoms with Crippen LogP contribution in [-0.4, -0.2) is 14.3 Å². The van der Waals surface area contributed by atoms with Gasteiger partial charge in [0.1, 0.15) is 0 Å². The molecule has 0 aliphatic rings. The van der Waals surface area contributed by atoms with Gasteiger partial charge >= 0.3 is 0 Å². The normalized spacial score (nSPS) is 10.8. The Labute approximate surface area is 113 Å². The summed E-state index contributed by atoms with van der Waals surface area (Å²) in [5.74, 6) is 0. The van der Waals surface area contributed by atoms with Gasteiger partial charge in [0.05, 0.1) is 28.1 Å². The van der Waals surface area contributed by atoms with E-state index in [-0.39, 0.29) is 11.2 Å². The molecule has 0 saturated heterocycles. The van der Waals surface area contributed by atoms with Crippen LogP contribution < -0.4 is 11.3 Å². The van der Waals surface area contributed by atoms with E-state index in [4.69, 9.17) is 5.73 Å². The average molecular weight is 311 g/mol. The van der Waals surface area contributed by atoms with Crippen LogP contribution >= 0.6 is 15.9 Å². The molecule has 0 atom stereocenters. The van der Waals surface area contributed by atoms with Crippen molar-refractivity contribution in [2.45, 2.75) is 26.9 Å². The third-order valence-corrected chi connectivity index (χ3v) is 3.85. The van der Waals surface area contributed by atoms with E-state index in [1.807, 2.05) is 18.5 Å². The van der Waals surface area contributed by atoms with Gasteiger partial charge in [-0.3, -0.25) is 9.48 Å². The predicted molar refractivity (Wildman–Crippen MR) is 74.6 cm³/mol. The second kappa shape index (κ2) is 4.97. The van der Waals surface area contributed by atoms with Crippen molar-refractivity contribution in [1.29, 1.82) is 0 Å². The third kappa shape index (κ3) is 2.20. The molecule has 2 N–H and O–H groups in total. The minimum atomic E-state index is -0.175. The van der Waals surface area contributed by atoms with Gasteiger partial charge in [0, 0.05) is 12.7 Å². The minimum absolute atomic E-state index is 0.175. The molecule has 0 spiro atoms. The fraction of sp³-hybridized carbons (Fsp3) is 0.333. The fourth-order valence-corrected chi connectivity index (χ4v) is 2.27. The second-order valence-corrected chi connectivity index (χ2v) is 4.85. The molecule has 18 heavy (non-hydrogen) atoms. The number of aryl methyl sites for hydroxylation is 2. The Morgan fingerprint density at radius 1 is 1.50 bits per heavy atom. The molecule has 0 fully saturated rings. The van der Waals surface area contributed by atoms with Crippen molar-refractivity contribution in [3.63, 3.8) is 0 Å². The quantitative estimate of drug-likeness (QED) is 0.939. The number of rotatable bonds is 3. The number of pyridine rings is 1. The van der Waals surface area contributed by atoms with Gasteiger partial charge in [-0.25, -0.2) is 0 Å². The van der Waals surface area contributed by atoms with E-state index in [0.717, 1.165) is 22.4 Å². The Morgan fingerprint density at radius 3 is 2.89 bits per heavy atom. The number of hydrogen-bond acceptors (Lipinski definition) is 3. The summed E-state index contributed by atoms with van der Waals surface area (Å²) in [6, 6.07) is 3.38. The van der Waals surface area contributed by atoms with Gasteiger partial charge in [-0.2, -0.15) is 5.10 Å². The lowest BCUT2D eigenvalue weighted by Crippen LogP contribution is -2.23. The molecular formula is C12H15BrN4O. The largest absolute Gasteiger partial charge is 0.394 e. The standard InChI is InChI=1S/C12H15BrN4O/c1-3-17-10(11(13)8(2)15-17)7-16-6-4-5-9(14)12(16)18/h4-6H,3,7,14H2,1-2H3. The molecule has 0 aliphatic carbocycles. The monoisotopic (exact) mass is 310 g/mol. The van der Waals surface area contributed by atoms with Crippen LogP contribution in [0.15, 0.2) is 27.6 Å². The topological polar surface area (TPSA) is 65.8 Å². The number of anilines is 1. The van der Waals surface area contributed by atoms with E-state index >= 15 is 0 Å². The summed E-state index contributed by atoms with van der Waals surface area (Å²) in [6.07, 6.45) is 1.73. The highest BCUT2D eigenvalue weighted by Gasteiger charge is 2.13. The van der Waals surface area contributed by atoms with Crippen molar-refractivity contribution in [2.75, 3.05) is 5.73 Å². The van der Waals surface area contributed by atoms with Crippen LogP contribution in [0.2, 0.25) is 0 Å². The molecular weight excluding hydrogens is 296 g/mol. The lowest BCUT2D eigenvalue weighted by Gasteiger charge is -2.08. The molecule has 2 rings (SSSR count). The van der Waals surface area contributed by atoms with Crippen molar-refractivity contribution in [1.82, 2.24) is 14.3 Å². The summed E-state index contributed by atoms with van der Waals surface area (Å²) in [5.41, 5.74) is 7.60. The Morgan fingerprint density at radius 2 is 2.22 bits per heavy atom. The van der Waals surface area contributed by atoms with Crippen LogP contribution in [0.4, 0.5) is 5.69 Å². The van der Waals surface area contributed by atoms with Crippen LogP contribution in [0.25, 0.3) is 0 Å². The Kier molecular flexibility index (Phi) is 3.56. The SMILES string of the molecule is CCn1nc(C)c(Br)c1Cn1cccc(N)c1=O. The lowest BCUT2D eigenvalue weighted by molar-refractivity contribution is 0.591. The maximum atomic E-state index is 11.9. The minimum Gasteiger partial charge on any atom is -0.394 e. The van der Waals surface area contributed by atoms with E-state index in [2.05, 4.69) is 21.0 Å². The van der Waals surface area contributed by atoms with Crippen LogP contribution in [0.1, 0.15) is 18.3 Å². The number of nitrogen functional groups attached to an aromatic ring is 1. The zero-order chi connectivity index (χ0) is 13.3. The first-order chi connectivity index (χ1) is 8.54. The maximum absolute atomic E-state index is 11.9. The van der Waals surface area contributed by atoms with E-state index in [0.29, 0.717) is 6.54 Å². The fourth-order valence-electron chi connectivity index (χ4n) is 1.86. The first-order valence-electron chi connectivity index (χ1n) is 5.71. The molecule has 0 aliphatic heterocycles. The number of nitrogens with zero attached hydrogens (tertiary/aromatic N) is 3. The van der Waals surface area contributed by atoms with Gasteiger partial charge in [-0.05, 0) is 41.9 Å². The summed E-state index contributed by atoms with van der Waals surface area (Å²) in [7, 11) is 0. The molecule has 2 heterocycles. The molecule has 2 aromatic rings. The lowest BCUT2D eigenvalue weighted by atomic mass is 10.3. The number of hydrogen-bond donors (Lipinski definition) is 1. The number of halogens is 1. The summed E-state index contributed by atoms with van der Waals surface area (Å²) in [5, 5.41) is 4.40. The highest BCUT2D eigenvalue weighted by atomic mass is 79.9. The van der Waals surface area contributed by atoms with Crippen molar-refractivity contribution in [3.05, 3.63) is 44.5 Å². The molecule has 0 aromatic carbocycles. The molecule has 2 aromatic heterocycles. The zero-order valence-corrected chi connectivity index (χ0v) is 11.9. The van der Waals surface area contributed by atoms with Crippen molar-refractivity contribution < 1.29 is 0 Å². The molecule has 0 saturated carbocycles. The highest BCUT2D eigenvalue weighted by molar-refractivity contribution is 9.10. The average Bonchev–Trinajstić information content (AvgIpc) is 2.62. The summed E-state index contributed by atoms with van der Waals surface area (Å²) in [6.45, 7) is 5.17. The number of aromatic nitrogens is 3. The predicted octanol–water partition coefficient (Wildman–Crippen LogP) is 1.77. The Balaban J connectivity index is 2.46. The second-order valence-electron chi connectivity index (χ2n) is 4.06.